The molecule has 0 aliphatic carbocycles. The molecule has 1 heterocycles. The third-order valence-corrected chi connectivity index (χ3v) is 1.24. The topological polar surface area (TPSA) is 54.4 Å². The Labute approximate surface area is 70.3 Å². The Balaban J connectivity index is 2.66. The molecule has 0 unspecified atom stereocenters. The summed E-state index contributed by atoms with van der Waals surface area (Å²) in [6.07, 6.45) is 4.63. The van der Waals surface area contributed by atoms with Crippen LogP contribution in [-0.2, 0) is 0 Å². The first-order valence-corrected chi connectivity index (χ1v) is 3.52. The van der Waals surface area contributed by atoms with Crippen molar-refractivity contribution in [2.45, 2.75) is 6.92 Å². The van der Waals surface area contributed by atoms with Crippen molar-refractivity contribution in [1.82, 2.24) is 10.4 Å². The number of rotatable bonds is 2. The van der Waals surface area contributed by atoms with E-state index in [2.05, 4.69) is 15.5 Å². The molecule has 0 radical (unpaired) electrons. The average Bonchev–Trinajstić information content (AvgIpc) is 2.15. The number of carbonyl (C=O) groups excluding carboxylic acids is 1. The summed E-state index contributed by atoms with van der Waals surface area (Å²) in [5.74, 6) is -0.226. The molecule has 0 saturated carbocycles. The van der Waals surface area contributed by atoms with Gasteiger partial charge in [-0.25, -0.2) is 5.43 Å². The van der Waals surface area contributed by atoms with Crippen LogP contribution >= 0.6 is 0 Å². The van der Waals surface area contributed by atoms with Gasteiger partial charge >= 0.3 is 0 Å². The van der Waals surface area contributed by atoms with Crippen molar-refractivity contribution < 1.29 is 4.79 Å². The van der Waals surface area contributed by atoms with Gasteiger partial charge in [-0.2, -0.15) is 5.10 Å². The third-order valence-electron chi connectivity index (χ3n) is 1.24. The van der Waals surface area contributed by atoms with E-state index in [4.69, 9.17) is 0 Å². The molecule has 0 bridgehead atoms. The molecule has 0 atom stereocenters. The van der Waals surface area contributed by atoms with Crippen LogP contribution in [0.4, 0.5) is 0 Å². The third kappa shape index (κ3) is 2.16. The minimum absolute atomic E-state index is 0.226. The molecule has 0 spiro atoms. The number of aromatic nitrogens is 1. The Morgan fingerprint density at radius 2 is 2.25 bits per heavy atom. The smallest absolute Gasteiger partial charge is 0.267 e. The van der Waals surface area contributed by atoms with Crippen LogP contribution in [0.5, 0.6) is 0 Å². The second-order valence-corrected chi connectivity index (χ2v) is 2.06. The van der Waals surface area contributed by atoms with Crippen molar-refractivity contribution in [1.29, 1.82) is 0 Å². The van der Waals surface area contributed by atoms with E-state index in [0.29, 0.717) is 5.56 Å². The van der Waals surface area contributed by atoms with Gasteiger partial charge in [0.2, 0.25) is 0 Å². The molecule has 62 valence electrons. The van der Waals surface area contributed by atoms with E-state index in [1.54, 1.807) is 31.5 Å². The lowest BCUT2D eigenvalue weighted by Crippen LogP contribution is -2.16. The van der Waals surface area contributed by atoms with E-state index < -0.39 is 0 Å². The lowest BCUT2D eigenvalue weighted by molar-refractivity contribution is 0.0955. The fourth-order valence-corrected chi connectivity index (χ4v) is 0.691. The molecule has 0 aromatic carbocycles. The first kappa shape index (κ1) is 8.39. The minimum Gasteiger partial charge on any atom is -0.267 e. The van der Waals surface area contributed by atoms with E-state index in [-0.39, 0.29) is 5.91 Å². The summed E-state index contributed by atoms with van der Waals surface area (Å²) in [7, 11) is 0. The van der Waals surface area contributed by atoms with Crippen LogP contribution in [0.2, 0.25) is 0 Å². The van der Waals surface area contributed by atoms with Crippen LogP contribution in [0.25, 0.3) is 0 Å². The quantitative estimate of drug-likeness (QED) is 0.518. The summed E-state index contributed by atoms with van der Waals surface area (Å²) >= 11 is 0. The molecular weight excluding hydrogens is 154 g/mol. The second kappa shape index (κ2) is 4.23. The van der Waals surface area contributed by atoms with Gasteiger partial charge in [-0.15, -0.1) is 0 Å². The lowest BCUT2D eigenvalue weighted by atomic mass is 10.3. The molecule has 0 saturated heterocycles. The van der Waals surface area contributed by atoms with Crippen LogP contribution in [-0.4, -0.2) is 17.1 Å². The molecule has 1 aromatic rings. The van der Waals surface area contributed by atoms with Crippen molar-refractivity contribution >= 4 is 12.1 Å². The Kier molecular flexibility index (Phi) is 2.95. The lowest BCUT2D eigenvalue weighted by Gasteiger charge is -1.96. The number of amides is 1. The predicted molar refractivity (Wildman–Crippen MR) is 45.9 cm³/mol. The van der Waals surface area contributed by atoms with Crippen molar-refractivity contribution in [3.63, 3.8) is 0 Å². The highest BCUT2D eigenvalue weighted by Gasteiger charge is 2.00. The number of hydrogen-bond acceptors (Lipinski definition) is 3. The SMILES string of the molecule is CC=NNC(=O)c1ccncc1. The van der Waals surface area contributed by atoms with Crippen molar-refractivity contribution in [2.75, 3.05) is 0 Å². The number of pyridine rings is 1. The Hall–Kier alpha value is -1.71. The van der Waals surface area contributed by atoms with Gasteiger partial charge in [-0.1, -0.05) is 0 Å². The first-order chi connectivity index (χ1) is 5.84. The molecule has 4 heteroatoms. The minimum atomic E-state index is -0.226. The van der Waals surface area contributed by atoms with Crippen LogP contribution < -0.4 is 5.43 Å². The van der Waals surface area contributed by atoms with Crippen molar-refractivity contribution in [2.24, 2.45) is 5.10 Å². The summed E-state index contributed by atoms with van der Waals surface area (Å²) in [5, 5.41) is 3.60. The number of hydrogen-bond donors (Lipinski definition) is 1. The number of hydrazone groups is 1. The van der Waals surface area contributed by atoms with Crippen LogP contribution in [0.1, 0.15) is 17.3 Å². The maximum absolute atomic E-state index is 11.2. The molecule has 12 heavy (non-hydrogen) atoms. The average molecular weight is 163 g/mol. The van der Waals surface area contributed by atoms with Gasteiger partial charge in [0.05, 0.1) is 0 Å². The van der Waals surface area contributed by atoms with Gasteiger partial charge in [0.1, 0.15) is 0 Å². The van der Waals surface area contributed by atoms with Gasteiger partial charge in [0, 0.05) is 24.2 Å². The van der Waals surface area contributed by atoms with E-state index in [9.17, 15) is 4.79 Å². The van der Waals surface area contributed by atoms with E-state index >= 15 is 0 Å². The molecule has 1 rings (SSSR count). The van der Waals surface area contributed by atoms with Crippen molar-refractivity contribution in [3.8, 4) is 0 Å². The monoisotopic (exact) mass is 163 g/mol. The molecule has 0 fully saturated rings. The maximum Gasteiger partial charge on any atom is 0.271 e. The highest BCUT2D eigenvalue weighted by atomic mass is 16.2. The zero-order valence-corrected chi connectivity index (χ0v) is 6.69. The van der Waals surface area contributed by atoms with Gasteiger partial charge < -0.3 is 0 Å². The number of nitrogens with one attached hydrogen (secondary N) is 1. The standard InChI is InChI=1S/C8H9N3O/c1-2-10-11-8(12)7-3-5-9-6-4-7/h2-6H,1H3,(H,11,12). The summed E-state index contributed by atoms with van der Waals surface area (Å²) in [6.45, 7) is 1.73. The highest BCUT2D eigenvalue weighted by molar-refractivity contribution is 5.94. The first-order valence-electron chi connectivity index (χ1n) is 3.52. The largest absolute Gasteiger partial charge is 0.271 e. The summed E-state index contributed by atoms with van der Waals surface area (Å²) in [5.41, 5.74) is 2.90. The van der Waals surface area contributed by atoms with Gasteiger partial charge in [0.15, 0.2) is 0 Å². The highest BCUT2D eigenvalue weighted by Crippen LogP contribution is 1.94. The molecule has 1 amide bonds. The van der Waals surface area contributed by atoms with Crippen molar-refractivity contribution in [3.05, 3.63) is 30.1 Å². The molecule has 0 aliphatic rings. The Morgan fingerprint density at radius 1 is 1.58 bits per heavy atom. The molecule has 4 nitrogen and oxygen atoms in total. The summed E-state index contributed by atoms with van der Waals surface area (Å²) in [6, 6.07) is 3.25. The van der Waals surface area contributed by atoms with Gasteiger partial charge in [-0.05, 0) is 19.1 Å². The number of carbonyl (C=O) groups is 1. The van der Waals surface area contributed by atoms with Crippen LogP contribution in [0.3, 0.4) is 0 Å². The Bertz CT molecular complexity index is 282. The van der Waals surface area contributed by atoms with E-state index in [1.165, 1.54) is 6.21 Å². The Morgan fingerprint density at radius 3 is 2.83 bits per heavy atom. The molecule has 1 aromatic heterocycles. The molecular formula is C8H9N3O. The predicted octanol–water partition coefficient (Wildman–Crippen LogP) is 0.817. The van der Waals surface area contributed by atoms with Crippen LogP contribution in [0.15, 0.2) is 29.6 Å². The van der Waals surface area contributed by atoms with Gasteiger partial charge in [0.25, 0.3) is 5.91 Å². The second-order valence-electron chi connectivity index (χ2n) is 2.06. The maximum atomic E-state index is 11.2. The normalized spacial score (nSPS) is 10.1. The zero-order valence-electron chi connectivity index (χ0n) is 6.69. The molecule has 1 N–H and O–H groups in total. The number of nitrogens with zero attached hydrogens (tertiary/aromatic N) is 2. The summed E-state index contributed by atoms with van der Waals surface area (Å²) < 4.78 is 0. The van der Waals surface area contributed by atoms with Crippen LogP contribution in [0, 0.1) is 0 Å². The molecule has 0 aliphatic heterocycles. The van der Waals surface area contributed by atoms with E-state index in [0.717, 1.165) is 0 Å². The van der Waals surface area contributed by atoms with E-state index in [1.807, 2.05) is 0 Å². The van der Waals surface area contributed by atoms with Gasteiger partial charge in [-0.3, -0.25) is 9.78 Å². The summed E-state index contributed by atoms with van der Waals surface area (Å²) in [4.78, 5) is 14.9. The fraction of sp³-hybridized carbons (Fsp3) is 0.125. The fourth-order valence-electron chi connectivity index (χ4n) is 0.691. The zero-order chi connectivity index (χ0) is 8.81.